The van der Waals surface area contributed by atoms with Crippen LogP contribution in [0.1, 0.15) is 31.4 Å². The van der Waals surface area contributed by atoms with Gasteiger partial charge in [0.1, 0.15) is 0 Å². The van der Waals surface area contributed by atoms with Crippen molar-refractivity contribution in [1.82, 2.24) is 10.2 Å². The fourth-order valence-corrected chi connectivity index (χ4v) is 3.11. The van der Waals surface area contributed by atoms with Gasteiger partial charge in [-0.2, -0.15) is 0 Å². The van der Waals surface area contributed by atoms with Crippen molar-refractivity contribution in [3.8, 4) is 0 Å². The summed E-state index contributed by atoms with van der Waals surface area (Å²) in [5, 5.41) is 3.39. The highest BCUT2D eigenvalue weighted by atomic mass is 127. The van der Waals surface area contributed by atoms with Crippen molar-refractivity contribution in [2.75, 3.05) is 40.4 Å². The van der Waals surface area contributed by atoms with Gasteiger partial charge in [0.2, 0.25) is 0 Å². The molecule has 0 radical (unpaired) electrons. The Hall–Kier alpha value is -1.35. The summed E-state index contributed by atoms with van der Waals surface area (Å²) < 4.78 is 10.7. The molecule has 1 saturated heterocycles. The number of carbonyl (C=O) groups is 1. The zero-order valence-corrected chi connectivity index (χ0v) is 18.1. The molecule has 0 bridgehead atoms. The van der Waals surface area contributed by atoms with Crippen LogP contribution in [-0.4, -0.2) is 57.2 Å². The van der Waals surface area contributed by atoms with Crippen LogP contribution in [0.3, 0.4) is 0 Å². The van der Waals surface area contributed by atoms with Crippen molar-refractivity contribution in [3.63, 3.8) is 0 Å². The summed E-state index contributed by atoms with van der Waals surface area (Å²) in [6.45, 7) is 4.53. The van der Waals surface area contributed by atoms with Gasteiger partial charge in [-0.15, -0.1) is 24.0 Å². The number of piperidine rings is 1. The molecule has 1 heterocycles. The first-order valence-electron chi connectivity index (χ1n) is 8.89. The van der Waals surface area contributed by atoms with Crippen molar-refractivity contribution in [2.24, 2.45) is 10.9 Å². The lowest BCUT2D eigenvalue weighted by atomic mass is 9.97. The lowest BCUT2D eigenvalue weighted by molar-refractivity contribution is -0.149. The maximum absolute atomic E-state index is 11.9. The highest BCUT2D eigenvalue weighted by Gasteiger charge is 2.27. The Kier molecular flexibility index (Phi) is 10.6. The number of nitrogens with one attached hydrogen (secondary N) is 1. The zero-order chi connectivity index (χ0) is 18.1. The summed E-state index contributed by atoms with van der Waals surface area (Å²) in [5.41, 5.74) is 1.13. The first-order valence-corrected chi connectivity index (χ1v) is 8.89. The first-order chi connectivity index (χ1) is 12.2. The summed E-state index contributed by atoms with van der Waals surface area (Å²) in [6.07, 6.45) is 1.56. The molecule has 1 aliphatic heterocycles. The van der Waals surface area contributed by atoms with Crippen LogP contribution in [0.5, 0.6) is 0 Å². The van der Waals surface area contributed by atoms with E-state index in [1.165, 1.54) is 0 Å². The summed E-state index contributed by atoms with van der Waals surface area (Å²) in [7, 11) is 3.50. The number of guanidine groups is 1. The minimum Gasteiger partial charge on any atom is -0.466 e. The summed E-state index contributed by atoms with van der Waals surface area (Å²) in [6, 6.07) is 10.1. The number of ether oxygens (including phenoxy) is 2. The van der Waals surface area contributed by atoms with Crippen LogP contribution in [0.15, 0.2) is 35.3 Å². The summed E-state index contributed by atoms with van der Waals surface area (Å²) >= 11 is 0. The summed E-state index contributed by atoms with van der Waals surface area (Å²) in [5.74, 6) is 0.777. The fraction of sp³-hybridized carbons (Fsp3) is 0.579. The third-order valence-corrected chi connectivity index (χ3v) is 4.53. The van der Waals surface area contributed by atoms with Gasteiger partial charge in [0, 0.05) is 33.8 Å². The van der Waals surface area contributed by atoms with Crippen molar-refractivity contribution in [2.45, 2.75) is 25.9 Å². The molecule has 1 N–H and O–H groups in total. The number of halogens is 1. The zero-order valence-electron chi connectivity index (χ0n) is 15.8. The largest absolute Gasteiger partial charge is 0.466 e. The number of rotatable bonds is 6. The van der Waals surface area contributed by atoms with Crippen LogP contribution in [0, 0.1) is 5.92 Å². The monoisotopic (exact) mass is 475 g/mol. The Labute approximate surface area is 173 Å². The molecule has 1 aromatic rings. The molecule has 7 heteroatoms. The second-order valence-electron chi connectivity index (χ2n) is 6.08. The molecular formula is C19H30IN3O3. The quantitative estimate of drug-likeness (QED) is 0.297. The average molecular weight is 475 g/mol. The summed E-state index contributed by atoms with van der Waals surface area (Å²) in [4.78, 5) is 18.4. The average Bonchev–Trinajstić information content (AvgIpc) is 2.66. The van der Waals surface area contributed by atoms with Crippen LogP contribution in [-0.2, 0) is 14.3 Å². The van der Waals surface area contributed by atoms with E-state index in [0.717, 1.165) is 37.5 Å². The molecule has 1 atom stereocenters. The van der Waals surface area contributed by atoms with E-state index in [2.05, 4.69) is 27.3 Å². The van der Waals surface area contributed by atoms with Crippen LogP contribution in [0.4, 0.5) is 0 Å². The number of hydrogen-bond acceptors (Lipinski definition) is 4. The predicted molar refractivity (Wildman–Crippen MR) is 114 cm³/mol. The molecule has 6 nitrogen and oxygen atoms in total. The van der Waals surface area contributed by atoms with E-state index in [0.29, 0.717) is 13.2 Å². The number of likely N-dealkylation sites (tertiary alicyclic amines) is 1. The van der Waals surface area contributed by atoms with E-state index in [-0.39, 0.29) is 42.0 Å². The third kappa shape index (κ3) is 6.42. The molecule has 26 heavy (non-hydrogen) atoms. The topological polar surface area (TPSA) is 63.2 Å². The molecule has 1 fully saturated rings. The Morgan fingerprint density at radius 3 is 2.50 bits per heavy atom. The second kappa shape index (κ2) is 12.1. The number of nitrogens with zero attached hydrogens (tertiary/aromatic N) is 2. The van der Waals surface area contributed by atoms with Crippen LogP contribution < -0.4 is 5.32 Å². The number of carbonyl (C=O) groups excluding carboxylic acids is 1. The highest BCUT2D eigenvalue weighted by Crippen LogP contribution is 2.19. The number of methoxy groups -OCH3 is 1. The van der Waals surface area contributed by atoms with Gasteiger partial charge in [0.15, 0.2) is 5.96 Å². The molecule has 1 unspecified atom stereocenters. The Balaban J connectivity index is 0.00000338. The van der Waals surface area contributed by atoms with E-state index in [1.807, 2.05) is 25.1 Å². The molecule has 146 valence electrons. The maximum Gasteiger partial charge on any atom is 0.309 e. The van der Waals surface area contributed by atoms with Gasteiger partial charge in [0.25, 0.3) is 0 Å². The predicted octanol–water partition coefficient (Wildman–Crippen LogP) is 2.84. The van der Waals surface area contributed by atoms with Crippen molar-refractivity contribution >= 4 is 35.9 Å². The molecule has 0 aromatic heterocycles. The molecular weight excluding hydrogens is 445 g/mol. The van der Waals surface area contributed by atoms with Crippen LogP contribution >= 0.6 is 24.0 Å². The standard InChI is InChI=1S/C19H29N3O3.HI/c1-4-25-18(23)16-10-12-22(13-11-16)19(20-2)21-14-17(24-3)15-8-6-5-7-9-15;/h5-9,16-17H,4,10-14H2,1-3H3,(H,20,21);1H. The van der Waals surface area contributed by atoms with E-state index < -0.39 is 0 Å². The molecule has 0 amide bonds. The van der Waals surface area contributed by atoms with Gasteiger partial charge in [-0.05, 0) is 25.3 Å². The second-order valence-corrected chi connectivity index (χ2v) is 6.08. The van der Waals surface area contributed by atoms with E-state index >= 15 is 0 Å². The van der Waals surface area contributed by atoms with E-state index in [1.54, 1.807) is 14.2 Å². The molecule has 0 saturated carbocycles. The van der Waals surface area contributed by atoms with Gasteiger partial charge in [0.05, 0.1) is 18.6 Å². The SMILES string of the molecule is CCOC(=O)C1CCN(C(=NC)NCC(OC)c2ccccc2)CC1.I. The molecule has 2 rings (SSSR count). The van der Waals surface area contributed by atoms with Gasteiger partial charge in [-0.3, -0.25) is 9.79 Å². The molecule has 0 spiro atoms. The number of esters is 1. The Morgan fingerprint density at radius 1 is 1.31 bits per heavy atom. The lowest BCUT2D eigenvalue weighted by Gasteiger charge is -2.33. The number of benzene rings is 1. The molecule has 1 aromatic carbocycles. The van der Waals surface area contributed by atoms with Crippen LogP contribution in [0.25, 0.3) is 0 Å². The fourth-order valence-electron chi connectivity index (χ4n) is 3.11. The van der Waals surface area contributed by atoms with E-state index in [9.17, 15) is 4.79 Å². The maximum atomic E-state index is 11.9. The minimum absolute atomic E-state index is 0. The van der Waals surface area contributed by atoms with Gasteiger partial charge >= 0.3 is 5.97 Å². The first kappa shape index (κ1) is 22.7. The Morgan fingerprint density at radius 2 is 1.96 bits per heavy atom. The third-order valence-electron chi connectivity index (χ3n) is 4.53. The van der Waals surface area contributed by atoms with Crippen molar-refractivity contribution in [1.29, 1.82) is 0 Å². The molecule has 0 aliphatic carbocycles. The van der Waals surface area contributed by atoms with Crippen molar-refractivity contribution in [3.05, 3.63) is 35.9 Å². The van der Waals surface area contributed by atoms with Gasteiger partial charge in [-0.1, -0.05) is 30.3 Å². The number of aliphatic imine (C=N–C) groups is 1. The lowest BCUT2D eigenvalue weighted by Crippen LogP contribution is -2.47. The Bertz CT molecular complexity index is 560. The van der Waals surface area contributed by atoms with Crippen LogP contribution in [0.2, 0.25) is 0 Å². The minimum atomic E-state index is -0.0754. The van der Waals surface area contributed by atoms with Gasteiger partial charge < -0.3 is 19.7 Å². The smallest absolute Gasteiger partial charge is 0.309 e. The highest BCUT2D eigenvalue weighted by molar-refractivity contribution is 14.0. The van der Waals surface area contributed by atoms with Crippen molar-refractivity contribution < 1.29 is 14.3 Å². The molecule has 1 aliphatic rings. The number of hydrogen-bond donors (Lipinski definition) is 1. The van der Waals surface area contributed by atoms with E-state index in [4.69, 9.17) is 9.47 Å². The van der Waals surface area contributed by atoms with Gasteiger partial charge in [-0.25, -0.2) is 0 Å². The normalized spacial score (nSPS) is 16.6.